The molecular formula is C28H30N4O3S. The fraction of sp³-hybridized carbons (Fsp3) is 0.393. The number of carbonyl (C=O) groups is 1. The molecule has 186 valence electrons. The number of urea groups is 1. The van der Waals surface area contributed by atoms with Crippen LogP contribution in [-0.4, -0.2) is 39.6 Å². The molecule has 2 aromatic carbocycles. The number of hydrogen-bond acceptors (Lipinski definition) is 5. The zero-order valence-electron chi connectivity index (χ0n) is 20.6. The highest BCUT2D eigenvalue weighted by Crippen LogP contribution is 2.57. The summed E-state index contributed by atoms with van der Waals surface area (Å²) >= 11 is 0. The minimum absolute atomic E-state index is 0.0389. The van der Waals surface area contributed by atoms with Gasteiger partial charge in [0.05, 0.1) is 29.2 Å². The Morgan fingerprint density at radius 3 is 2.61 bits per heavy atom. The molecule has 2 aliphatic carbocycles. The third kappa shape index (κ3) is 4.07. The molecule has 6 rings (SSSR count). The first-order valence-corrected chi connectivity index (χ1v) is 13.9. The molecule has 3 aromatic rings. The van der Waals surface area contributed by atoms with Crippen molar-refractivity contribution in [3.8, 4) is 17.0 Å². The van der Waals surface area contributed by atoms with Crippen LogP contribution in [0.5, 0.6) is 5.88 Å². The van der Waals surface area contributed by atoms with Crippen LogP contribution in [0.2, 0.25) is 0 Å². The molecule has 3 aliphatic rings. The molecule has 1 N–H and O–H groups in total. The molecule has 0 bridgehead atoms. The van der Waals surface area contributed by atoms with Gasteiger partial charge < -0.3 is 10.1 Å². The zero-order valence-corrected chi connectivity index (χ0v) is 21.4. The molecule has 0 saturated heterocycles. The van der Waals surface area contributed by atoms with E-state index in [4.69, 9.17) is 4.74 Å². The fourth-order valence-electron chi connectivity index (χ4n) is 5.26. The second-order valence-electron chi connectivity index (χ2n) is 9.95. The van der Waals surface area contributed by atoms with Crippen LogP contribution in [0.15, 0.2) is 53.7 Å². The standard InChI is InChI=1S/C28H30N4O3S/c1-3-36(34)21-9-4-18(5-10-21)15-29-27(33)32-16-28(12-13-28)22-14-20(8-11-23(22)32)24-25(19-6-7-19)30-17-31-26(24)35-2/h4-5,8-11,14,17,19H,3,6-7,12-13,15-16H2,1-2H3,(H,29,33). The van der Waals surface area contributed by atoms with Crippen LogP contribution in [0.4, 0.5) is 10.5 Å². The predicted molar refractivity (Wildman–Crippen MR) is 140 cm³/mol. The first-order chi connectivity index (χ1) is 17.5. The summed E-state index contributed by atoms with van der Waals surface area (Å²) in [7, 11) is 0.684. The maximum absolute atomic E-state index is 13.3. The number of benzene rings is 2. The smallest absolute Gasteiger partial charge is 0.322 e. The number of fused-ring (bicyclic) bond motifs is 2. The number of hydrogen-bond donors (Lipinski definition) is 1. The van der Waals surface area contributed by atoms with E-state index in [-0.39, 0.29) is 11.4 Å². The van der Waals surface area contributed by atoms with Crippen molar-refractivity contribution < 1.29 is 13.7 Å². The van der Waals surface area contributed by atoms with E-state index in [2.05, 4.69) is 33.5 Å². The second-order valence-corrected chi connectivity index (χ2v) is 11.7. The molecule has 36 heavy (non-hydrogen) atoms. The number of aromatic nitrogens is 2. The minimum atomic E-state index is -0.970. The molecule has 1 spiro atoms. The molecule has 2 fully saturated rings. The number of amides is 2. The Kier molecular flexibility index (Phi) is 5.79. The topological polar surface area (TPSA) is 84.4 Å². The summed E-state index contributed by atoms with van der Waals surface area (Å²) < 4.78 is 17.6. The average molecular weight is 503 g/mol. The van der Waals surface area contributed by atoms with Gasteiger partial charge in [-0.05, 0) is 66.6 Å². The molecule has 0 radical (unpaired) electrons. The quantitative estimate of drug-likeness (QED) is 0.496. The lowest BCUT2D eigenvalue weighted by molar-refractivity contribution is 0.246. The van der Waals surface area contributed by atoms with E-state index in [1.54, 1.807) is 13.4 Å². The van der Waals surface area contributed by atoms with Crippen molar-refractivity contribution in [2.24, 2.45) is 0 Å². The van der Waals surface area contributed by atoms with Crippen molar-refractivity contribution in [2.45, 2.75) is 55.4 Å². The van der Waals surface area contributed by atoms with E-state index in [1.165, 1.54) is 5.56 Å². The molecule has 2 saturated carbocycles. The second kappa shape index (κ2) is 9.00. The van der Waals surface area contributed by atoms with Gasteiger partial charge in [-0.3, -0.25) is 9.11 Å². The Balaban J connectivity index is 1.24. The monoisotopic (exact) mass is 502 g/mol. The first kappa shape index (κ1) is 23.2. The van der Waals surface area contributed by atoms with E-state index in [1.807, 2.05) is 36.1 Å². The number of methoxy groups -OCH3 is 1. The molecule has 7 nitrogen and oxygen atoms in total. The molecule has 2 heterocycles. The number of nitrogens with zero attached hydrogens (tertiary/aromatic N) is 3. The largest absolute Gasteiger partial charge is 0.480 e. The first-order valence-electron chi connectivity index (χ1n) is 12.6. The van der Waals surface area contributed by atoms with Crippen LogP contribution in [0.25, 0.3) is 11.1 Å². The van der Waals surface area contributed by atoms with Crippen molar-refractivity contribution >= 4 is 22.5 Å². The lowest BCUT2D eigenvalue weighted by atomic mass is 9.93. The molecular weight excluding hydrogens is 472 g/mol. The molecule has 1 unspecified atom stereocenters. The Labute approximate surface area is 213 Å². The Hall–Kier alpha value is -3.26. The van der Waals surface area contributed by atoms with Gasteiger partial charge in [0.1, 0.15) is 6.33 Å². The summed E-state index contributed by atoms with van der Waals surface area (Å²) in [5.41, 5.74) is 6.34. The van der Waals surface area contributed by atoms with Gasteiger partial charge in [0.15, 0.2) is 0 Å². The van der Waals surface area contributed by atoms with Gasteiger partial charge in [0.25, 0.3) is 0 Å². The number of ether oxygens (including phenoxy) is 1. The number of nitrogens with one attached hydrogen (secondary N) is 1. The van der Waals surface area contributed by atoms with Crippen LogP contribution >= 0.6 is 0 Å². The van der Waals surface area contributed by atoms with Crippen molar-refractivity contribution in [1.82, 2.24) is 15.3 Å². The SMILES string of the molecule is CCS(=O)c1ccc(CNC(=O)N2CC3(CC3)c3cc(-c4c(OC)ncnc4C4CC4)ccc32)cc1. The highest BCUT2D eigenvalue weighted by Gasteiger charge is 2.53. The van der Waals surface area contributed by atoms with E-state index >= 15 is 0 Å². The van der Waals surface area contributed by atoms with E-state index < -0.39 is 10.8 Å². The zero-order chi connectivity index (χ0) is 24.9. The van der Waals surface area contributed by atoms with Crippen LogP contribution in [-0.2, 0) is 22.8 Å². The van der Waals surface area contributed by atoms with Gasteiger partial charge in [-0.25, -0.2) is 14.8 Å². The third-order valence-corrected chi connectivity index (χ3v) is 8.92. The highest BCUT2D eigenvalue weighted by molar-refractivity contribution is 7.85. The molecule has 2 amide bonds. The van der Waals surface area contributed by atoms with Crippen LogP contribution < -0.4 is 15.0 Å². The normalized spacial score (nSPS) is 18.1. The predicted octanol–water partition coefficient (Wildman–Crippen LogP) is 4.92. The maximum Gasteiger partial charge on any atom is 0.322 e. The summed E-state index contributed by atoms with van der Waals surface area (Å²) in [4.78, 5) is 24.9. The van der Waals surface area contributed by atoms with Crippen molar-refractivity contribution in [1.29, 1.82) is 0 Å². The van der Waals surface area contributed by atoms with Gasteiger partial charge in [-0.2, -0.15) is 0 Å². The van der Waals surface area contributed by atoms with Crippen molar-refractivity contribution in [3.05, 3.63) is 65.6 Å². The maximum atomic E-state index is 13.3. The average Bonchev–Trinajstić information content (AvgIpc) is 3.85. The van der Waals surface area contributed by atoms with Crippen molar-refractivity contribution in [3.63, 3.8) is 0 Å². The van der Waals surface area contributed by atoms with E-state index in [0.29, 0.717) is 30.6 Å². The summed E-state index contributed by atoms with van der Waals surface area (Å²) in [6.07, 6.45) is 6.06. The fourth-order valence-corrected chi connectivity index (χ4v) is 6.03. The number of rotatable bonds is 7. The minimum Gasteiger partial charge on any atom is -0.480 e. The summed E-state index contributed by atoms with van der Waals surface area (Å²) in [6.45, 7) is 3.03. The summed E-state index contributed by atoms with van der Waals surface area (Å²) in [5.74, 6) is 1.68. The van der Waals surface area contributed by atoms with Gasteiger partial charge in [-0.15, -0.1) is 0 Å². The molecule has 1 aromatic heterocycles. The Morgan fingerprint density at radius 2 is 1.94 bits per heavy atom. The number of anilines is 1. The van der Waals surface area contributed by atoms with Gasteiger partial charge >= 0.3 is 6.03 Å². The van der Waals surface area contributed by atoms with Crippen LogP contribution in [0, 0.1) is 0 Å². The molecule has 8 heteroatoms. The van der Waals surface area contributed by atoms with Crippen LogP contribution in [0.3, 0.4) is 0 Å². The van der Waals surface area contributed by atoms with Gasteiger partial charge in [0.2, 0.25) is 5.88 Å². The molecule has 1 aliphatic heterocycles. The highest BCUT2D eigenvalue weighted by atomic mass is 32.2. The summed E-state index contributed by atoms with van der Waals surface area (Å²) in [5, 5.41) is 3.08. The third-order valence-electron chi connectivity index (χ3n) is 7.60. The Bertz CT molecular complexity index is 1350. The summed E-state index contributed by atoms with van der Waals surface area (Å²) in [6, 6.07) is 13.9. The van der Waals surface area contributed by atoms with Crippen molar-refractivity contribution in [2.75, 3.05) is 24.3 Å². The van der Waals surface area contributed by atoms with Crippen LogP contribution in [0.1, 0.15) is 55.3 Å². The lowest BCUT2D eigenvalue weighted by Crippen LogP contribution is -2.39. The molecule has 1 atom stereocenters. The Morgan fingerprint density at radius 1 is 1.17 bits per heavy atom. The van der Waals surface area contributed by atoms with E-state index in [9.17, 15) is 9.00 Å². The van der Waals surface area contributed by atoms with Gasteiger partial charge in [0, 0.05) is 40.8 Å². The lowest BCUT2D eigenvalue weighted by Gasteiger charge is -2.19. The number of carbonyl (C=O) groups excluding carboxylic acids is 1. The van der Waals surface area contributed by atoms with Gasteiger partial charge in [-0.1, -0.05) is 25.1 Å². The van der Waals surface area contributed by atoms with E-state index in [0.717, 1.165) is 58.7 Å².